The van der Waals surface area contributed by atoms with Crippen LogP contribution < -0.4 is 10.6 Å². The number of ether oxygens (including phenoxy) is 2. The van der Waals surface area contributed by atoms with Gasteiger partial charge in [0.1, 0.15) is 0 Å². The van der Waals surface area contributed by atoms with Crippen molar-refractivity contribution in [3.8, 4) is 0 Å². The second-order valence-corrected chi connectivity index (χ2v) is 4.41. The number of hydrogen-bond donors (Lipinski definition) is 2. The highest BCUT2D eigenvalue weighted by atomic mass is 16.5. The standard InChI is InChI=1S/C15H25N3O3/c1-3-20-11-9-18(10-12-21-4-2)14-7-5-13(6-8-14)15(16)17-19/h5-8,19H,3-4,9-12H2,1-2H3,(H2,16,17). The van der Waals surface area contributed by atoms with Crippen molar-refractivity contribution in [3.63, 3.8) is 0 Å². The predicted molar refractivity (Wildman–Crippen MR) is 84.2 cm³/mol. The van der Waals surface area contributed by atoms with Gasteiger partial charge in [0.15, 0.2) is 5.84 Å². The maximum atomic E-state index is 8.67. The Bertz CT molecular complexity index is 411. The van der Waals surface area contributed by atoms with Crippen molar-refractivity contribution in [3.05, 3.63) is 29.8 Å². The second-order valence-electron chi connectivity index (χ2n) is 4.41. The number of anilines is 1. The summed E-state index contributed by atoms with van der Waals surface area (Å²) in [6, 6.07) is 7.56. The number of amidine groups is 1. The smallest absolute Gasteiger partial charge is 0.170 e. The summed E-state index contributed by atoms with van der Waals surface area (Å²) < 4.78 is 10.8. The van der Waals surface area contributed by atoms with E-state index in [0.29, 0.717) is 32.0 Å². The van der Waals surface area contributed by atoms with Crippen molar-refractivity contribution >= 4 is 11.5 Å². The first kappa shape index (κ1) is 17.3. The van der Waals surface area contributed by atoms with E-state index in [-0.39, 0.29) is 5.84 Å². The second kappa shape index (κ2) is 10.0. The van der Waals surface area contributed by atoms with Gasteiger partial charge < -0.3 is 25.3 Å². The summed E-state index contributed by atoms with van der Waals surface area (Å²) in [4.78, 5) is 2.20. The Kier molecular flexibility index (Phi) is 8.23. The van der Waals surface area contributed by atoms with Crippen molar-refractivity contribution in [2.45, 2.75) is 13.8 Å². The number of nitrogens with two attached hydrogens (primary N) is 1. The number of hydrogen-bond acceptors (Lipinski definition) is 5. The van der Waals surface area contributed by atoms with Crippen molar-refractivity contribution < 1.29 is 14.7 Å². The summed E-state index contributed by atoms with van der Waals surface area (Å²) in [6.45, 7) is 8.32. The molecule has 0 bridgehead atoms. The molecule has 0 radical (unpaired) electrons. The van der Waals surface area contributed by atoms with Crippen LogP contribution in [0.4, 0.5) is 5.69 Å². The average Bonchev–Trinajstić information content (AvgIpc) is 2.53. The van der Waals surface area contributed by atoms with E-state index in [1.54, 1.807) is 0 Å². The van der Waals surface area contributed by atoms with Gasteiger partial charge in [-0.1, -0.05) is 5.16 Å². The van der Waals surface area contributed by atoms with Gasteiger partial charge in [-0.2, -0.15) is 0 Å². The summed E-state index contributed by atoms with van der Waals surface area (Å²) >= 11 is 0. The quantitative estimate of drug-likeness (QED) is 0.226. The Morgan fingerprint density at radius 3 is 2.05 bits per heavy atom. The maximum absolute atomic E-state index is 8.67. The van der Waals surface area contributed by atoms with E-state index in [2.05, 4.69) is 10.1 Å². The van der Waals surface area contributed by atoms with Crippen molar-refractivity contribution in [2.24, 2.45) is 10.9 Å². The van der Waals surface area contributed by atoms with Crippen LogP contribution in [0.5, 0.6) is 0 Å². The van der Waals surface area contributed by atoms with Gasteiger partial charge >= 0.3 is 0 Å². The Labute approximate surface area is 126 Å². The lowest BCUT2D eigenvalue weighted by Crippen LogP contribution is -2.31. The van der Waals surface area contributed by atoms with Crippen molar-refractivity contribution in [1.29, 1.82) is 0 Å². The van der Waals surface area contributed by atoms with E-state index in [9.17, 15) is 0 Å². The van der Waals surface area contributed by atoms with Gasteiger partial charge in [-0.05, 0) is 38.1 Å². The predicted octanol–water partition coefficient (Wildman–Crippen LogP) is 1.66. The number of oxime groups is 1. The molecule has 0 heterocycles. The fraction of sp³-hybridized carbons (Fsp3) is 0.533. The summed E-state index contributed by atoms with van der Waals surface area (Å²) in [5.74, 6) is 0.108. The number of benzene rings is 1. The molecule has 6 nitrogen and oxygen atoms in total. The molecule has 0 aromatic heterocycles. The fourth-order valence-corrected chi connectivity index (χ4v) is 1.91. The van der Waals surface area contributed by atoms with Gasteiger partial charge in [-0.3, -0.25) is 0 Å². The molecular formula is C15H25N3O3. The molecule has 6 heteroatoms. The molecule has 21 heavy (non-hydrogen) atoms. The van der Waals surface area contributed by atoms with E-state index in [0.717, 1.165) is 18.8 Å². The van der Waals surface area contributed by atoms with Crippen molar-refractivity contribution in [2.75, 3.05) is 44.4 Å². The highest BCUT2D eigenvalue weighted by Crippen LogP contribution is 2.15. The molecule has 118 valence electrons. The van der Waals surface area contributed by atoms with Gasteiger partial charge in [-0.25, -0.2) is 0 Å². The van der Waals surface area contributed by atoms with Crippen LogP contribution in [0, 0.1) is 0 Å². The summed E-state index contributed by atoms with van der Waals surface area (Å²) in [7, 11) is 0. The van der Waals surface area contributed by atoms with Crippen LogP contribution in [-0.2, 0) is 9.47 Å². The van der Waals surface area contributed by atoms with E-state index in [1.165, 1.54) is 0 Å². The molecular weight excluding hydrogens is 270 g/mol. The minimum Gasteiger partial charge on any atom is -0.409 e. The zero-order valence-corrected chi connectivity index (χ0v) is 12.8. The monoisotopic (exact) mass is 295 g/mol. The Hall–Kier alpha value is -1.79. The summed E-state index contributed by atoms with van der Waals surface area (Å²) in [6.07, 6.45) is 0. The van der Waals surface area contributed by atoms with Crippen LogP contribution in [0.3, 0.4) is 0 Å². The number of nitrogens with zero attached hydrogens (tertiary/aromatic N) is 2. The Balaban J connectivity index is 2.71. The molecule has 0 aliphatic heterocycles. The molecule has 0 atom stereocenters. The van der Waals surface area contributed by atoms with Crippen LogP contribution in [0.15, 0.2) is 29.4 Å². The third kappa shape index (κ3) is 6.01. The zero-order chi connectivity index (χ0) is 15.5. The molecule has 0 amide bonds. The summed E-state index contributed by atoms with van der Waals surface area (Å²) in [5.41, 5.74) is 7.31. The fourth-order valence-electron chi connectivity index (χ4n) is 1.91. The molecule has 1 aromatic carbocycles. The third-order valence-electron chi connectivity index (χ3n) is 3.06. The Morgan fingerprint density at radius 2 is 1.62 bits per heavy atom. The van der Waals surface area contributed by atoms with Gasteiger partial charge in [0, 0.05) is 37.6 Å². The molecule has 0 unspecified atom stereocenters. The SMILES string of the molecule is CCOCCN(CCOCC)c1ccc(/C(N)=N/O)cc1. The van der Waals surface area contributed by atoms with Gasteiger partial charge in [0.05, 0.1) is 13.2 Å². The van der Waals surface area contributed by atoms with Crippen LogP contribution >= 0.6 is 0 Å². The van der Waals surface area contributed by atoms with Gasteiger partial charge in [0.25, 0.3) is 0 Å². The molecule has 0 aliphatic rings. The molecule has 0 saturated heterocycles. The van der Waals surface area contributed by atoms with Crippen molar-refractivity contribution in [1.82, 2.24) is 0 Å². The largest absolute Gasteiger partial charge is 0.409 e. The van der Waals surface area contributed by atoms with Crippen LogP contribution in [0.1, 0.15) is 19.4 Å². The first-order valence-electron chi connectivity index (χ1n) is 7.21. The topological polar surface area (TPSA) is 80.3 Å². The van der Waals surface area contributed by atoms with E-state index < -0.39 is 0 Å². The van der Waals surface area contributed by atoms with E-state index in [1.807, 2.05) is 38.1 Å². The Morgan fingerprint density at radius 1 is 1.10 bits per heavy atom. The molecule has 0 fully saturated rings. The zero-order valence-electron chi connectivity index (χ0n) is 12.8. The lowest BCUT2D eigenvalue weighted by molar-refractivity contribution is 0.141. The van der Waals surface area contributed by atoms with Crippen LogP contribution in [-0.4, -0.2) is 50.6 Å². The molecule has 3 N–H and O–H groups in total. The first-order valence-corrected chi connectivity index (χ1v) is 7.21. The highest BCUT2D eigenvalue weighted by molar-refractivity contribution is 5.97. The van der Waals surface area contributed by atoms with Crippen LogP contribution in [0.2, 0.25) is 0 Å². The van der Waals surface area contributed by atoms with Gasteiger partial charge in [-0.15, -0.1) is 0 Å². The molecule has 0 spiro atoms. The molecule has 0 aliphatic carbocycles. The van der Waals surface area contributed by atoms with E-state index >= 15 is 0 Å². The normalized spacial score (nSPS) is 11.6. The molecule has 0 saturated carbocycles. The lowest BCUT2D eigenvalue weighted by atomic mass is 10.2. The molecule has 1 aromatic rings. The van der Waals surface area contributed by atoms with Gasteiger partial charge in [0.2, 0.25) is 0 Å². The lowest BCUT2D eigenvalue weighted by Gasteiger charge is -2.24. The van der Waals surface area contributed by atoms with E-state index in [4.69, 9.17) is 20.4 Å². The highest BCUT2D eigenvalue weighted by Gasteiger charge is 2.07. The maximum Gasteiger partial charge on any atom is 0.170 e. The third-order valence-corrected chi connectivity index (χ3v) is 3.06. The number of rotatable bonds is 10. The minimum absolute atomic E-state index is 0.108. The average molecular weight is 295 g/mol. The molecule has 1 rings (SSSR count). The first-order chi connectivity index (χ1) is 10.2. The summed E-state index contributed by atoms with van der Waals surface area (Å²) in [5, 5.41) is 11.7. The van der Waals surface area contributed by atoms with Crippen LogP contribution in [0.25, 0.3) is 0 Å². The minimum atomic E-state index is 0.108.